The lowest BCUT2D eigenvalue weighted by Gasteiger charge is -1.98. The summed E-state index contributed by atoms with van der Waals surface area (Å²) < 4.78 is 0. The van der Waals surface area contributed by atoms with Gasteiger partial charge in [-0.25, -0.2) is 0 Å². The predicted molar refractivity (Wildman–Crippen MR) is 76.3 cm³/mol. The first-order valence-electron chi connectivity index (χ1n) is 5.25. The Bertz CT molecular complexity index is 359. The van der Waals surface area contributed by atoms with Crippen LogP contribution in [0.3, 0.4) is 0 Å². The van der Waals surface area contributed by atoms with Crippen molar-refractivity contribution in [3.05, 3.63) is 54.1 Å². The monoisotopic (exact) mass is 269 g/mol. The molecule has 0 nitrogen and oxygen atoms in total. The smallest absolute Gasteiger partial charge is 0.147 e. The first kappa shape index (κ1) is 13.6. The van der Waals surface area contributed by atoms with E-state index in [1.54, 1.807) is 0 Å². The van der Waals surface area contributed by atoms with Gasteiger partial charge in [-0.05, 0) is 30.0 Å². The Hall–Kier alpha value is -0.503. The highest BCUT2D eigenvalue weighted by atomic mass is 35.7. The first-order valence-corrected chi connectivity index (χ1v) is 8.98. The number of rotatable bonds is 6. The molecule has 1 aromatic carbocycles. The van der Waals surface area contributed by atoms with E-state index in [1.807, 2.05) is 6.08 Å². The Labute approximate surface area is 109 Å². The minimum atomic E-state index is -1.11. The largest absolute Gasteiger partial charge is 0.274 e. The fraction of sp³-hybridized carbons (Fsp3) is 0.231. The number of hydrogen-bond donors (Lipinski definition) is 0. The summed E-state index contributed by atoms with van der Waals surface area (Å²) in [4.78, 5) is 0. The van der Waals surface area contributed by atoms with E-state index in [0.29, 0.717) is 0 Å². The molecule has 0 aromatic heterocycles. The van der Waals surface area contributed by atoms with Crippen LogP contribution in [0.2, 0.25) is 6.04 Å². The molecule has 0 N–H and O–H groups in total. The van der Waals surface area contributed by atoms with Crippen LogP contribution in [0.4, 0.5) is 0 Å². The minimum Gasteiger partial charge on any atom is -0.147 e. The molecule has 16 heavy (non-hydrogen) atoms. The van der Waals surface area contributed by atoms with Crippen molar-refractivity contribution in [2.45, 2.75) is 18.9 Å². The highest BCUT2D eigenvalue weighted by Crippen LogP contribution is 2.09. The summed E-state index contributed by atoms with van der Waals surface area (Å²) in [5.74, 6) is 0. The van der Waals surface area contributed by atoms with Crippen LogP contribution in [0.1, 0.15) is 17.5 Å². The summed E-state index contributed by atoms with van der Waals surface area (Å²) in [5.41, 5.74) is 2.47. The van der Waals surface area contributed by atoms with E-state index in [9.17, 15) is 0 Å². The van der Waals surface area contributed by atoms with Gasteiger partial charge in [0.05, 0.1) is 0 Å². The van der Waals surface area contributed by atoms with Gasteiger partial charge in [0.2, 0.25) is 0 Å². The molecular weight excluding hydrogens is 255 g/mol. The predicted octanol–water partition coefficient (Wildman–Crippen LogP) is 4.78. The second-order valence-electron chi connectivity index (χ2n) is 3.50. The van der Waals surface area contributed by atoms with Crippen LogP contribution in [-0.4, -0.2) is 7.42 Å². The van der Waals surface area contributed by atoms with Crippen molar-refractivity contribution in [3.8, 4) is 0 Å². The second-order valence-corrected chi connectivity index (χ2v) is 8.00. The van der Waals surface area contributed by atoms with Crippen molar-refractivity contribution in [1.29, 1.82) is 0 Å². The van der Waals surface area contributed by atoms with Crippen LogP contribution in [0.15, 0.2) is 43.0 Å². The van der Waals surface area contributed by atoms with E-state index in [2.05, 4.69) is 43.0 Å². The van der Waals surface area contributed by atoms with Gasteiger partial charge in [0.15, 0.2) is 0 Å². The molecule has 0 atom stereocenters. The molecule has 0 saturated heterocycles. The van der Waals surface area contributed by atoms with Crippen molar-refractivity contribution >= 4 is 35.7 Å². The Morgan fingerprint density at radius 3 is 2.75 bits per heavy atom. The lowest BCUT2D eigenvalue weighted by molar-refractivity contribution is 1.17. The van der Waals surface area contributed by atoms with E-state index >= 15 is 0 Å². The van der Waals surface area contributed by atoms with Crippen molar-refractivity contribution in [2.75, 3.05) is 0 Å². The van der Waals surface area contributed by atoms with Crippen molar-refractivity contribution < 1.29 is 0 Å². The molecule has 0 amide bonds. The maximum absolute atomic E-state index is 5.74. The SMILES string of the molecule is C=Cc1cccc(CC=CCC[Si](Cl)Cl)c1. The van der Waals surface area contributed by atoms with Crippen LogP contribution >= 0.6 is 22.2 Å². The normalized spacial score (nSPS) is 11.2. The van der Waals surface area contributed by atoms with Crippen molar-refractivity contribution in [2.24, 2.45) is 0 Å². The molecule has 0 aliphatic rings. The molecule has 0 heterocycles. The maximum Gasteiger partial charge on any atom is 0.274 e. The molecule has 0 spiro atoms. The van der Waals surface area contributed by atoms with Crippen LogP contribution in [0.25, 0.3) is 6.08 Å². The Balaban J connectivity index is 2.39. The molecule has 1 aromatic rings. The lowest BCUT2D eigenvalue weighted by Crippen LogP contribution is -1.89. The number of allylic oxidation sites excluding steroid dienone is 2. The summed E-state index contributed by atoms with van der Waals surface area (Å²) in [5, 5.41) is 0. The molecule has 0 bridgehead atoms. The molecule has 0 aliphatic carbocycles. The molecule has 1 radical (unpaired) electrons. The summed E-state index contributed by atoms with van der Waals surface area (Å²) in [7, 11) is -1.11. The Morgan fingerprint density at radius 2 is 2.06 bits per heavy atom. The maximum atomic E-state index is 5.74. The summed E-state index contributed by atoms with van der Waals surface area (Å²) in [6, 6.07) is 9.29. The first-order chi connectivity index (χ1) is 7.72. The molecule has 3 heteroatoms. The molecule has 0 saturated carbocycles. The molecule has 0 fully saturated rings. The van der Waals surface area contributed by atoms with Gasteiger partial charge in [-0.1, -0.05) is 49.1 Å². The lowest BCUT2D eigenvalue weighted by atomic mass is 10.1. The zero-order valence-corrected chi connectivity index (χ0v) is 11.6. The van der Waals surface area contributed by atoms with Crippen molar-refractivity contribution in [3.63, 3.8) is 0 Å². The third-order valence-electron chi connectivity index (χ3n) is 2.21. The zero-order valence-electron chi connectivity index (χ0n) is 9.13. The molecular formula is C13H15Cl2Si. The molecule has 85 valence electrons. The average molecular weight is 270 g/mol. The van der Waals surface area contributed by atoms with Gasteiger partial charge in [0.1, 0.15) is 0 Å². The fourth-order valence-corrected chi connectivity index (χ4v) is 2.42. The molecule has 0 unspecified atom stereocenters. The van der Waals surface area contributed by atoms with Crippen LogP contribution in [-0.2, 0) is 6.42 Å². The number of halogens is 2. The standard InChI is InChI=1S/C13H15Cl2Si/c1-2-12-8-6-9-13(11-12)7-4-3-5-10-16(14)15/h2-4,6,8-9,11H,1,5,7,10H2. The molecule has 0 aliphatic heterocycles. The van der Waals surface area contributed by atoms with E-state index in [0.717, 1.165) is 24.4 Å². The topological polar surface area (TPSA) is 0 Å². The van der Waals surface area contributed by atoms with Gasteiger partial charge in [0, 0.05) is 0 Å². The molecule has 1 rings (SSSR count). The van der Waals surface area contributed by atoms with E-state index in [-0.39, 0.29) is 0 Å². The van der Waals surface area contributed by atoms with Gasteiger partial charge in [-0.15, -0.1) is 22.2 Å². The highest BCUT2D eigenvalue weighted by molar-refractivity contribution is 7.33. The van der Waals surface area contributed by atoms with Gasteiger partial charge in [0.25, 0.3) is 7.42 Å². The zero-order chi connectivity index (χ0) is 11.8. The third-order valence-corrected chi connectivity index (χ3v) is 4.01. The Kier molecular flexibility index (Phi) is 6.54. The average Bonchev–Trinajstić information content (AvgIpc) is 2.28. The number of benzene rings is 1. The van der Waals surface area contributed by atoms with Crippen LogP contribution in [0, 0.1) is 0 Å². The van der Waals surface area contributed by atoms with Gasteiger partial charge in [-0.3, -0.25) is 0 Å². The number of hydrogen-bond acceptors (Lipinski definition) is 0. The summed E-state index contributed by atoms with van der Waals surface area (Å²) in [6.45, 7) is 3.76. The quantitative estimate of drug-likeness (QED) is 0.396. The van der Waals surface area contributed by atoms with Crippen molar-refractivity contribution in [1.82, 2.24) is 0 Å². The summed E-state index contributed by atoms with van der Waals surface area (Å²) >= 11 is 11.5. The van der Waals surface area contributed by atoms with Crippen LogP contribution in [0.5, 0.6) is 0 Å². The van der Waals surface area contributed by atoms with Gasteiger partial charge in [-0.2, -0.15) is 0 Å². The van der Waals surface area contributed by atoms with E-state index in [4.69, 9.17) is 22.2 Å². The summed E-state index contributed by atoms with van der Waals surface area (Å²) in [6.07, 6.45) is 8.11. The minimum absolute atomic E-state index is 0.914. The second kappa shape index (κ2) is 7.72. The van der Waals surface area contributed by atoms with E-state index < -0.39 is 7.42 Å². The third kappa shape index (κ3) is 5.55. The highest BCUT2D eigenvalue weighted by Gasteiger charge is 1.99. The van der Waals surface area contributed by atoms with Gasteiger partial charge < -0.3 is 0 Å². The fourth-order valence-electron chi connectivity index (χ4n) is 1.38. The van der Waals surface area contributed by atoms with E-state index in [1.165, 1.54) is 5.56 Å². The Morgan fingerprint density at radius 1 is 1.25 bits per heavy atom. The van der Waals surface area contributed by atoms with Crippen LogP contribution < -0.4 is 0 Å². The van der Waals surface area contributed by atoms with Gasteiger partial charge >= 0.3 is 0 Å².